The number of hydrogen-bond donors (Lipinski definition) is 0. The summed E-state index contributed by atoms with van der Waals surface area (Å²) in [6.45, 7) is 12.7. The van der Waals surface area contributed by atoms with E-state index in [4.69, 9.17) is 9.47 Å². The van der Waals surface area contributed by atoms with E-state index in [1.165, 1.54) is 19.6 Å². The van der Waals surface area contributed by atoms with Gasteiger partial charge in [0, 0.05) is 18.4 Å². The number of fused-ring (bicyclic) bond motifs is 1. The normalized spacial score (nSPS) is 36.5. The summed E-state index contributed by atoms with van der Waals surface area (Å²) >= 11 is 0. The van der Waals surface area contributed by atoms with E-state index in [-0.39, 0.29) is 28.9 Å². The minimum absolute atomic E-state index is 0.0636. The summed E-state index contributed by atoms with van der Waals surface area (Å²) < 4.78 is 10.6. The van der Waals surface area contributed by atoms with E-state index < -0.39 is 0 Å². The second-order valence-corrected chi connectivity index (χ2v) is 9.05. The van der Waals surface area contributed by atoms with Crippen LogP contribution in [0, 0.1) is 22.7 Å². The van der Waals surface area contributed by atoms with Gasteiger partial charge in [0.05, 0.1) is 7.11 Å². The highest BCUT2D eigenvalue weighted by molar-refractivity contribution is 5.82. The van der Waals surface area contributed by atoms with Gasteiger partial charge in [0.15, 0.2) is 0 Å². The molecule has 27 heavy (non-hydrogen) atoms. The van der Waals surface area contributed by atoms with Crippen LogP contribution in [0.4, 0.5) is 0 Å². The molecule has 1 fully saturated rings. The third-order valence-electron chi connectivity index (χ3n) is 7.57. The minimum Gasteiger partial charge on any atom is -0.466 e. The first kappa shape index (κ1) is 21.7. The summed E-state index contributed by atoms with van der Waals surface area (Å²) in [4.78, 5) is 23.3. The summed E-state index contributed by atoms with van der Waals surface area (Å²) in [7, 11) is 1.41. The standard InChI is InChI=1S/C23H36O4/c1-15(13-21(25)26-7)11-12-22(5)17(3)14-20(27-18(4)24)23(6)16(2)9-8-10-19(22)23/h9,13,17,19-20H,8,10-12,14H2,1-7H3/b15-13+/t17-,19-,20-,22+,23+/m1/s1. The summed E-state index contributed by atoms with van der Waals surface area (Å²) in [5.74, 6) is 0.419. The zero-order chi connectivity index (χ0) is 20.4. The number of ether oxygens (including phenoxy) is 2. The van der Waals surface area contributed by atoms with E-state index in [1.54, 1.807) is 6.08 Å². The molecule has 0 aliphatic heterocycles. The maximum Gasteiger partial charge on any atom is 0.330 e. The van der Waals surface area contributed by atoms with Gasteiger partial charge >= 0.3 is 11.9 Å². The van der Waals surface area contributed by atoms with Gasteiger partial charge in [-0.2, -0.15) is 0 Å². The van der Waals surface area contributed by atoms with Gasteiger partial charge in [0.1, 0.15) is 6.10 Å². The number of rotatable bonds is 5. The highest BCUT2D eigenvalue weighted by Gasteiger charge is 2.58. The topological polar surface area (TPSA) is 52.6 Å². The maximum absolute atomic E-state index is 11.8. The fourth-order valence-electron chi connectivity index (χ4n) is 5.52. The Morgan fingerprint density at radius 1 is 1.30 bits per heavy atom. The van der Waals surface area contributed by atoms with Crippen molar-refractivity contribution in [3.8, 4) is 0 Å². The summed E-state index contributed by atoms with van der Waals surface area (Å²) in [6, 6.07) is 0. The van der Waals surface area contributed by atoms with Gasteiger partial charge in [0.25, 0.3) is 0 Å². The Kier molecular flexibility index (Phi) is 6.59. The van der Waals surface area contributed by atoms with Crippen LogP contribution in [0.1, 0.15) is 73.6 Å². The fraction of sp³-hybridized carbons (Fsp3) is 0.739. The van der Waals surface area contributed by atoms with Crippen LogP contribution in [0.15, 0.2) is 23.3 Å². The molecule has 4 heteroatoms. The second-order valence-electron chi connectivity index (χ2n) is 9.05. The van der Waals surface area contributed by atoms with Crippen LogP contribution in [0.5, 0.6) is 0 Å². The number of esters is 2. The van der Waals surface area contributed by atoms with E-state index in [1.807, 2.05) is 6.92 Å². The van der Waals surface area contributed by atoms with Crippen molar-refractivity contribution in [3.63, 3.8) is 0 Å². The van der Waals surface area contributed by atoms with Crippen LogP contribution in [0.3, 0.4) is 0 Å². The first-order valence-corrected chi connectivity index (χ1v) is 10.1. The second kappa shape index (κ2) is 8.20. The van der Waals surface area contributed by atoms with Gasteiger partial charge in [-0.3, -0.25) is 4.79 Å². The first-order valence-electron chi connectivity index (χ1n) is 10.1. The largest absolute Gasteiger partial charge is 0.466 e. The summed E-state index contributed by atoms with van der Waals surface area (Å²) in [5.41, 5.74) is 2.42. The Morgan fingerprint density at radius 3 is 2.56 bits per heavy atom. The van der Waals surface area contributed by atoms with Crippen molar-refractivity contribution in [2.75, 3.05) is 7.11 Å². The van der Waals surface area contributed by atoms with Crippen molar-refractivity contribution in [2.45, 2.75) is 79.8 Å². The maximum atomic E-state index is 11.8. The van der Waals surface area contributed by atoms with Crippen LogP contribution in [-0.4, -0.2) is 25.2 Å². The third kappa shape index (κ3) is 4.14. The summed E-state index contributed by atoms with van der Waals surface area (Å²) in [5, 5.41) is 0. The molecule has 0 unspecified atom stereocenters. The van der Waals surface area contributed by atoms with Crippen LogP contribution in [-0.2, 0) is 19.1 Å². The van der Waals surface area contributed by atoms with Gasteiger partial charge < -0.3 is 9.47 Å². The molecular formula is C23H36O4. The van der Waals surface area contributed by atoms with Gasteiger partial charge in [0.2, 0.25) is 0 Å². The third-order valence-corrected chi connectivity index (χ3v) is 7.57. The lowest BCUT2D eigenvalue weighted by Gasteiger charge is -2.60. The average molecular weight is 377 g/mol. The van der Waals surface area contributed by atoms with Crippen LogP contribution in [0.2, 0.25) is 0 Å². The van der Waals surface area contributed by atoms with Crippen molar-refractivity contribution in [3.05, 3.63) is 23.3 Å². The van der Waals surface area contributed by atoms with Crippen LogP contribution >= 0.6 is 0 Å². The Labute approximate surface area is 164 Å². The number of methoxy groups -OCH3 is 1. The molecule has 1 saturated carbocycles. The van der Waals surface area contributed by atoms with E-state index in [9.17, 15) is 9.59 Å². The zero-order valence-electron chi connectivity index (χ0n) is 18.1. The highest BCUT2D eigenvalue weighted by atomic mass is 16.5. The monoisotopic (exact) mass is 376 g/mol. The Morgan fingerprint density at radius 2 is 1.96 bits per heavy atom. The predicted molar refractivity (Wildman–Crippen MR) is 107 cm³/mol. The molecule has 0 aromatic carbocycles. The van der Waals surface area contributed by atoms with Crippen molar-refractivity contribution < 1.29 is 19.1 Å². The molecule has 0 saturated heterocycles. The molecule has 0 N–H and O–H groups in total. The Bertz CT molecular complexity index is 647. The summed E-state index contributed by atoms with van der Waals surface area (Å²) in [6.07, 6.45) is 8.84. The molecule has 4 nitrogen and oxygen atoms in total. The zero-order valence-corrected chi connectivity index (χ0v) is 18.1. The average Bonchev–Trinajstić information content (AvgIpc) is 2.59. The van der Waals surface area contributed by atoms with Gasteiger partial charge in [-0.15, -0.1) is 0 Å². The van der Waals surface area contributed by atoms with Gasteiger partial charge in [-0.25, -0.2) is 4.79 Å². The molecule has 2 aliphatic carbocycles. The first-order chi connectivity index (χ1) is 12.6. The molecule has 0 bridgehead atoms. The Hall–Kier alpha value is -1.58. The van der Waals surface area contributed by atoms with Crippen LogP contribution < -0.4 is 0 Å². The molecular weight excluding hydrogens is 340 g/mol. The molecule has 0 aromatic rings. The lowest BCUT2D eigenvalue weighted by molar-refractivity contribution is -0.174. The predicted octanol–water partition coefficient (Wildman–Crippen LogP) is 5.23. The van der Waals surface area contributed by atoms with Crippen molar-refractivity contribution in [2.24, 2.45) is 22.7 Å². The SMILES string of the molecule is COC(=O)/C=C(\C)CC[C@@]1(C)[C@H](C)C[C@@H](OC(C)=O)[C@@]2(C)C(C)=CCC[C@H]12. The molecule has 0 radical (unpaired) electrons. The van der Waals surface area contributed by atoms with Crippen molar-refractivity contribution in [1.29, 1.82) is 0 Å². The molecule has 0 heterocycles. The minimum atomic E-state index is -0.287. The molecule has 0 aromatic heterocycles. The highest BCUT2D eigenvalue weighted by Crippen LogP contribution is 2.62. The van der Waals surface area contributed by atoms with Gasteiger partial charge in [-0.05, 0) is 63.2 Å². The fourth-order valence-corrected chi connectivity index (χ4v) is 5.52. The number of allylic oxidation sites excluding steroid dienone is 2. The van der Waals surface area contributed by atoms with E-state index >= 15 is 0 Å². The molecule has 0 spiro atoms. The molecule has 0 amide bonds. The lowest BCUT2D eigenvalue weighted by atomic mass is 9.46. The molecule has 2 aliphatic rings. The Balaban J connectivity index is 2.32. The number of hydrogen-bond acceptors (Lipinski definition) is 4. The van der Waals surface area contributed by atoms with Crippen molar-refractivity contribution >= 4 is 11.9 Å². The number of carbonyl (C=O) groups is 2. The lowest BCUT2D eigenvalue weighted by Crippen LogP contribution is -2.57. The molecule has 152 valence electrons. The number of carbonyl (C=O) groups excluding carboxylic acids is 2. The quantitative estimate of drug-likeness (QED) is 0.375. The van der Waals surface area contributed by atoms with Crippen molar-refractivity contribution in [1.82, 2.24) is 0 Å². The van der Waals surface area contributed by atoms with Gasteiger partial charge in [-0.1, -0.05) is 38.0 Å². The molecule has 2 rings (SSSR count). The molecule has 5 atom stereocenters. The van der Waals surface area contributed by atoms with Crippen LogP contribution in [0.25, 0.3) is 0 Å². The van der Waals surface area contributed by atoms with E-state index in [2.05, 4.69) is 33.8 Å². The van der Waals surface area contributed by atoms with E-state index in [0.29, 0.717) is 11.8 Å². The van der Waals surface area contributed by atoms with E-state index in [0.717, 1.165) is 37.7 Å². The smallest absolute Gasteiger partial charge is 0.330 e.